The summed E-state index contributed by atoms with van der Waals surface area (Å²) in [6, 6.07) is 0. The third kappa shape index (κ3) is 5.54. The minimum Gasteiger partial charge on any atom is -0.229 e. The van der Waals surface area contributed by atoms with Gasteiger partial charge in [0, 0.05) is 18.1 Å². The zero-order valence-electron chi connectivity index (χ0n) is 10.5. The molecule has 0 spiro atoms. The SMILES string of the molecule is CS(=O)(=O)CCS(=O)(=O)NCC1(CBr)CCCC1. The van der Waals surface area contributed by atoms with Gasteiger partial charge in [-0.3, -0.25) is 0 Å². The number of rotatable bonds is 7. The lowest BCUT2D eigenvalue weighted by molar-refractivity contribution is 0.348. The average molecular weight is 362 g/mol. The Morgan fingerprint density at radius 1 is 1.11 bits per heavy atom. The van der Waals surface area contributed by atoms with Gasteiger partial charge < -0.3 is 0 Å². The Kier molecular flexibility index (Phi) is 5.64. The third-order valence-corrected chi connectivity index (χ3v) is 7.06. The van der Waals surface area contributed by atoms with Crippen molar-refractivity contribution in [3.05, 3.63) is 0 Å². The smallest absolute Gasteiger partial charge is 0.212 e. The monoisotopic (exact) mass is 361 g/mol. The van der Waals surface area contributed by atoms with Crippen molar-refractivity contribution < 1.29 is 16.8 Å². The highest BCUT2D eigenvalue weighted by atomic mass is 79.9. The first-order chi connectivity index (χ1) is 8.18. The van der Waals surface area contributed by atoms with Crippen LogP contribution in [0, 0.1) is 5.41 Å². The van der Waals surface area contributed by atoms with E-state index in [4.69, 9.17) is 0 Å². The van der Waals surface area contributed by atoms with Gasteiger partial charge in [-0.25, -0.2) is 21.6 Å². The van der Waals surface area contributed by atoms with Crippen LogP contribution in [-0.4, -0.2) is 46.5 Å². The number of sulfone groups is 1. The van der Waals surface area contributed by atoms with Crippen molar-refractivity contribution in [2.45, 2.75) is 25.7 Å². The summed E-state index contributed by atoms with van der Waals surface area (Å²) in [7, 11) is -6.74. The van der Waals surface area contributed by atoms with E-state index in [1.807, 2.05) is 0 Å². The molecule has 0 aromatic carbocycles. The molecule has 1 saturated carbocycles. The van der Waals surface area contributed by atoms with Crippen LogP contribution in [0.25, 0.3) is 0 Å². The predicted octanol–water partition coefficient (Wildman–Crippen LogP) is 0.906. The second kappa shape index (κ2) is 6.19. The first kappa shape index (κ1) is 16.4. The highest BCUT2D eigenvalue weighted by molar-refractivity contribution is 9.09. The highest BCUT2D eigenvalue weighted by Crippen LogP contribution is 2.39. The van der Waals surface area contributed by atoms with Gasteiger partial charge in [0.25, 0.3) is 0 Å². The molecule has 18 heavy (non-hydrogen) atoms. The summed E-state index contributed by atoms with van der Waals surface area (Å²) in [4.78, 5) is 0. The predicted molar refractivity (Wildman–Crippen MR) is 76.2 cm³/mol. The van der Waals surface area contributed by atoms with Gasteiger partial charge in [-0.05, 0) is 18.3 Å². The van der Waals surface area contributed by atoms with Gasteiger partial charge >= 0.3 is 0 Å². The van der Waals surface area contributed by atoms with Crippen LogP contribution in [0.5, 0.6) is 0 Å². The van der Waals surface area contributed by atoms with Gasteiger partial charge in [0.15, 0.2) is 0 Å². The summed E-state index contributed by atoms with van der Waals surface area (Å²) < 4.78 is 47.9. The molecule has 1 N–H and O–H groups in total. The van der Waals surface area contributed by atoms with E-state index in [9.17, 15) is 16.8 Å². The van der Waals surface area contributed by atoms with E-state index >= 15 is 0 Å². The van der Waals surface area contributed by atoms with Crippen molar-refractivity contribution in [2.75, 3.05) is 29.6 Å². The molecule has 1 rings (SSSR count). The molecule has 8 heteroatoms. The van der Waals surface area contributed by atoms with Gasteiger partial charge in [0.2, 0.25) is 10.0 Å². The number of halogens is 1. The Hall–Kier alpha value is 0.340. The average Bonchev–Trinajstić information content (AvgIpc) is 2.73. The van der Waals surface area contributed by atoms with E-state index in [-0.39, 0.29) is 16.9 Å². The number of nitrogens with one attached hydrogen (secondary N) is 1. The summed E-state index contributed by atoms with van der Waals surface area (Å²) >= 11 is 3.44. The largest absolute Gasteiger partial charge is 0.229 e. The molecular formula is C10H20BrNO4S2. The van der Waals surface area contributed by atoms with Gasteiger partial charge in [-0.1, -0.05) is 28.8 Å². The molecule has 0 saturated heterocycles. The van der Waals surface area contributed by atoms with Crippen molar-refractivity contribution in [3.63, 3.8) is 0 Å². The molecule has 5 nitrogen and oxygen atoms in total. The lowest BCUT2D eigenvalue weighted by Gasteiger charge is -2.26. The van der Waals surface area contributed by atoms with Gasteiger partial charge in [-0.2, -0.15) is 0 Å². The van der Waals surface area contributed by atoms with Crippen LogP contribution in [0.4, 0.5) is 0 Å². The maximum Gasteiger partial charge on any atom is 0.212 e. The summed E-state index contributed by atoms with van der Waals surface area (Å²) in [6.45, 7) is 0.393. The first-order valence-corrected chi connectivity index (χ1v) is 10.7. The fourth-order valence-electron chi connectivity index (χ4n) is 2.08. The van der Waals surface area contributed by atoms with Crippen molar-refractivity contribution in [1.29, 1.82) is 0 Å². The normalized spacial score (nSPS) is 20.1. The molecule has 0 aromatic rings. The molecule has 1 fully saturated rings. The molecule has 0 unspecified atom stereocenters. The Labute approximate surface area is 118 Å². The maximum atomic E-state index is 11.7. The number of hydrogen-bond acceptors (Lipinski definition) is 4. The van der Waals surface area contributed by atoms with E-state index in [2.05, 4.69) is 20.7 Å². The summed E-state index contributed by atoms with van der Waals surface area (Å²) in [6.07, 6.45) is 5.30. The Morgan fingerprint density at radius 2 is 1.67 bits per heavy atom. The minimum absolute atomic E-state index is 0.00183. The van der Waals surface area contributed by atoms with Crippen LogP contribution in [-0.2, 0) is 19.9 Å². The molecule has 0 amide bonds. The molecule has 0 heterocycles. The molecule has 0 bridgehead atoms. The van der Waals surface area contributed by atoms with Crippen molar-refractivity contribution in [2.24, 2.45) is 5.41 Å². The lowest BCUT2D eigenvalue weighted by Crippen LogP contribution is -2.39. The fraction of sp³-hybridized carbons (Fsp3) is 1.00. The van der Waals surface area contributed by atoms with E-state index in [0.29, 0.717) is 6.54 Å². The topological polar surface area (TPSA) is 80.3 Å². The van der Waals surface area contributed by atoms with Crippen LogP contribution in [0.2, 0.25) is 0 Å². The number of alkyl halides is 1. The van der Waals surface area contributed by atoms with Gasteiger partial charge in [-0.15, -0.1) is 0 Å². The van der Waals surface area contributed by atoms with Crippen molar-refractivity contribution in [1.82, 2.24) is 4.72 Å². The van der Waals surface area contributed by atoms with Crippen LogP contribution < -0.4 is 4.72 Å². The molecule has 1 aliphatic rings. The first-order valence-electron chi connectivity index (χ1n) is 5.89. The zero-order chi connectivity index (χ0) is 13.9. The van der Waals surface area contributed by atoms with Crippen LogP contribution in [0.15, 0.2) is 0 Å². The highest BCUT2D eigenvalue weighted by Gasteiger charge is 2.33. The van der Waals surface area contributed by atoms with Crippen molar-refractivity contribution in [3.8, 4) is 0 Å². The molecule has 0 atom stereocenters. The molecule has 0 radical (unpaired) electrons. The molecule has 108 valence electrons. The summed E-state index contributed by atoms with van der Waals surface area (Å²) in [5.41, 5.74) is -0.00183. The van der Waals surface area contributed by atoms with E-state index in [1.165, 1.54) is 0 Å². The van der Waals surface area contributed by atoms with Crippen LogP contribution in [0.3, 0.4) is 0 Å². The van der Waals surface area contributed by atoms with E-state index < -0.39 is 19.9 Å². The Morgan fingerprint density at radius 3 is 2.11 bits per heavy atom. The summed E-state index contributed by atoms with van der Waals surface area (Å²) in [5, 5.41) is 0.772. The van der Waals surface area contributed by atoms with E-state index in [1.54, 1.807) is 0 Å². The number of hydrogen-bond donors (Lipinski definition) is 1. The van der Waals surface area contributed by atoms with E-state index in [0.717, 1.165) is 37.3 Å². The second-order valence-electron chi connectivity index (χ2n) is 5.11. The molecular weight excluding hydrogens is 342 g/mol. The molecule has 0 aromatic heterocycles. The second-order valence-corrected chi connectivity index (χ2v) is 9.86. The number of sulfonamides is 1. The Balaban J connectivity index is 2.51. The fourth-order valence-corrected chi connectivity index (χ4v) is 5.60. The molecule has 0 aliphatic heterocycles. The molecule has 1 aliphatic carbocycles. The van der Waals surface area contributed by atoms with Gasteiger partial charge in [0.05, 0.1) is 11.5 Å². The quantitative estimate of drug-likeness (QED) is 0.683. The lowest BCUT2D eigenvalue weighted by atomic mass is 9.89. The summed E-state index contributed by atoms with van der Waals surface area (Å²) in [5.74, 6) is -0.687. The maximum absolute atomic E-state index is 11.7. The Bertz CT molecular complexity index is 466. The van der Waals surface area contributed by atoms with Crippen LogP contribution >= 0.6 is 15.9 Å². The van der Waals surface area contributed by atoms with Crippen molar-refractivity contribution >= 4 is 35.8 Å². The minimum atomic E-state index is -3.50. The standard InChI is InChI=1S/C10H20BrNO4S2/c1-17(13,14)6-7-18(15,16)12-9-10(8-11)4-2-3-5-10/h12H,2-9H2,1H3. The third-order valence-electron chi connectivity index (χ3n) is 3.34. The van der Waals surface area contributed by atoms with Crippen LogP contribution in [0.1, 0.15) is 25.7 Å². The van der Waals surface area contributed by atoms with Gasteiger partial charge in [0.1, 0.15) is 9.84 Å². The zero-order valence-corrected chi connectivity index (χ0v) is 13.7.